The smallest absolute Gasteiger partial charge is 0.408 e. The van der Waals surface area contributed by atoms with E-state index in [2.05, 4.69) is 41.4 Å². The number of H-pyrrole nitrogens is 1. The van der Waals surface area contributed by atoms with Crippen LogP contribution in [0.1, 0.15) is 70.6 Å². The van der Waals surface area contributed by atoms with Crippen molar-refractivity contribution < 1.29 is 29.0 Å². The molecule has 50 heavy (non-hydrogen) atoms. The molecule has 17 heteroatoms. The van der Waals surface area contributed by atoms with Gasteiger partial charge in [-0.1, -0.05) is 74.2 Å². The van der Waals surface area contributed by atoms with Gasteiger partial charge in [-0.15, -0.1) is 5.10 Å². The van der Waals surface area contributed by atoms with Crippen molar-refractivity contribution in [1.29, 1.82) is 0 Å². The molecule has 1 fully saturated rings. The number of thioether (sulfide) groups is 1. The second-order valence-corrected chi connectivity index (χ2v) is 14.5. The molecule has 2 heterocycles. The van der Waals surface area contributed by atoms with Crippen molar-refractivity contribution in [2.24, 2.45) is 11.7 Å². The number of tetrazole rings is 1. The highest BCUT2D eigenvalue weighted by Crippen LogP contribution is 2.29. The average Bonchev–Trinajstić information content (AvgIpc) is 3.74. The van der Waals surface area contributed by atoms with Gasteiger partial charge in [-0.25, -0.2) is 14.5 Å². The third-order valence-electron chi connectivity index (χ3n) is 8.19. The van der Waals surface area contributed by atoms with Crippen molar-refractivity contribution in [3.05, 3.63) is 54.1 Å². The molecular weight excluding hydrogens is 664 g/mol. The highest BCUT2D eigenvalue weighted by molar-refractivity contribution is 7.99. The van der Waals surface area contributed by atoms with Gasteiger partial charge in [0.25, 0.3) is 0 Å². The van der Waals surface area contributed by atoms with E-state index >= 15 is 0 Å². The van der Waals surface area contributed by atoms with Gasteiger partial charge in [0.1, 0.15) is 24.2 Å². The molecule has 1 aliphatic carbocycles. The lowest BCUT2D eigenvalue weighted by molar-refractivity contribution is -0.130. The number of carbonyl (C=O) groups is 4. The number of hydrogen-bond donors (Lipinski definition) is 6. The molecule has 4 rings (SSSR count). The van der Waals surface area contributed by atoms with Crippen LogP contribution < -0.4 is 21.7 Å². The third-order valence-corrected chi connectivity index (χ3v) is 9.25. The van der Waals surface area contributed by atoms with Gasteiger partial charge in [-0.2, -0.15) is 0 Å². The minimum atomic E-state index is -1.08. The van der Waals surface area contributed by atoms with Gasteiger partial charge in [-0.3, -0.25) is 14.4 Å². The highest BCUT2D eigenvalue weighted by atomic mass is 32.2. The Morgan fingerprint density at radius 1 is 1.04 bits per heavy atom. The number of hydrogen-bond acceptors (Lipinski definition) is 11. The van der Waals surface area contributed by atoms with Gasteiger partial charge in [0.05, 0.1) is 18.5 Å². The molecular formula is C33H48N10O6S. The van der Waals surface area contributed by atoms with Crippen LogP contribution in [0.4, 0.5) is 4.79 Å². The number of ether oxygens (including phenoxy) is 1. The maximum absolute atomic E-state index is 14.1. The van der Waals surface area contributed by atoms with E-state index in [1.165, 1.54) is 11.0 Å². The van der Waals surface area contributed by atoms with E-state index < -0.39 is 53.6 Å². The number of aliphatic hydroxyl groups is 1. The first-order chi connectivity index (χ1) is 23.9. The van der Waals surface area contributed by atoms with E-state index in [1.54, 1.807) is 27.0 Å². The van der Waals surface area contributed by atoms with Crippen molar-refractivity contribution >= 4 is 35.6 Å². The van der Waals surface area contributed by atoms with Crippen molar-refractivity contribution in [1.82, 2.24) is 46.1 Å². The molecule has 0 bridgehead atoms. The lowest BCUT2D eigenvalue weighted by Crippen LogP contribution is -2.58. The second kappa shape index (κ2) is 18.5. The van der Waals surface area contributed by atoms with Gasteiger partial charge in [0.2, 0.25) is 22.9 Å². The summed E-state index contributed by atoms with van der Waals surface area (Å²) >= 11 is 1.14. The minimum absolute atomic E-state index is 0.0744. The molecule has 0 saturated heterocycles. The Morgan fingerprint density at radius 2 is 1.74 bits per heavy atom. The van der Waals surface area contributed by atoms with Crippen LogP contribution in [-0.4, -0.2) is 94.7 Å². The monoisotopic (exact) mass is 712 g/mol. The van der Waals surface area contributed by atoms with Gasteiger partial charge >= 0.3 is 6.09 Å². The molecule has 7 N–H and O–H groups in total. The Bertz CT molecular complexity index is 1520. The molecule has 1 unspecified atom stereocenters. The van der Waals surface area contributed by atoms with E-state index in [0.717, 1.165) is 49.4 Å². The molecule has 1 aliphatic rings. The predicted octanol–water partition coefficient (Wildman–Crippen LogP) is 1.65. The molecule has 1 aromatic carbocycles. The van der Waals surface area contributed by atoms with Crippen LogP contribution in [0, 0.1) is 5.92 Å². The van der Waals surface area contributed by atoms with Crippen LogP contribution in [0.25, 0.3) is 0 Å². The summed E-state index contributed by atoms with van der Waals surface area (Å²) in [6.07, 6.45) is 7.27. The van der Waals surface area contributed by atoms with Crippen LogP contribution in [0.15, 0.2) is 48.0 Å². The first kappa shape index (κ1) is 38.3. The number of rotatable bonds is 17. The lowest BCUT2D eigenvalue weighted by atomic mass is 9.83. The topological polar surface area (TPSA) is 232 Å². The predicted molar refractivity (Wildman–Crippen MR) is 184 cm³/mol. The van der Waals surface area contributed by atoms with Crippen molar-refractivity contribution in [2.75, 3.05) is 5.75 Å². The van der Waals surface area contributed by atoms with Gasteiger partial charge in [-0.05, 0) is 49.1 Å². The van der Waals surface area contributed by atoms with Crippen LogP contribution in [0.5, 0.6) is 0 Å². The highest BCUT2D eigenvalue weighted by Gasteiger charge is 2.33. The number of benzene rings is 1. The normalized spacial score (nSPS) is 16.1. The van der Waals surface area contributed by atoms with Crippen molar-refractivity contribution in [3.63, 3.8) is 0 Å². The van der Waals surface area contributed by atoms with Crippen LogP contribution in [0.3, 0.4) is 0 Å². The zero-order valence-corrected chi connectivity index (χ0v) is 29.5. The van der Waals surface area contributed by atoms with Gasteiger partial charge in [0.15, 0.2) is 0 Å². The van der Waals surface area contributed by atoms with Gasteiger partial charge < -0.3 is 36.5 Å². The molecule has 0 spiro atoms. The molecule has 1 saturated carbocycles. The number of nitrogens with one attached hydrogen (secondary N) is 4. The van der Waals surface area contributed by atoms with E-state index in [9.17, 15) is 24.3 Å². The Kier molecular flexibility index (Phi) is 14.1. The number of amides is 4. The zero-order chi connectivity index (χ0) is 36.1. The number of aliphatic hydroxyl groups excluding tert-OH is 1. The first-order valence-electron chi connectivity index (χ1n) is 16.8. The zero-order valence-electron chi connectivity index (χ0n) is 28.7. The summed E-state index contributed by atoms with van der Waals surface area (Å²) in [5.41, 5.74) is 5.92. The number of aromatic nitrogens is 6. The molecule has 2 aromatic heterocycles. The number of alkyl carbamates (subject to hydrolysis) is 1. The second-order valence-electron chi connectivity index (χ2n) is 13.5. The largest absolute Gasteiger partial charge is 0.444 e. The van der Waals surface area contributed by atoms with Crippen LogP contribution in [-0.2, 0) is 38.5 Å². The summed E-state index contributed by atoms with van der Waals surface area (Å²) in [5, 5.41) is 31.6. The van der Waals surface area contributed by atoms with Crippen LogP contribution >= 0.6 is 11.8 Å². The van der Waals surface area contributed by atoms with Gasteiger partial charge in [0, 0.05) is 30.5 Å². The molecule has 4 amide bonds. The Hall–Kier alpha value is -4.51. The molecule has 0 radical (unpaired) electrons. The lowest BCUT2D eigenvalue weighted by Gasteiger charge is -2.31. The minimum Gasteiger partial charge on any atom is -0.444 e. The van der Waals surface area contributed by atoms with E-state index in [0.29, 0.717) is 23.2 Å². The van der Waals surface area contributed by atoms with Crippen LogP contribution in [0.2, 0.25) is 0 Å². The van der Waals surface area contributed by atoms with Crippen molar-refractivity contribution in [2.45, 2.75) is 114 Å². The molecule has 16 nitrogen and oxygen atoms in total. The summed E-state index contributed by atoms with van der Waals surface area (Å²) in [6, 6.07) is 6.39. The number of primary amides is 1. The third kappa shape index (κ3) is 12.7. The average molecular weight is 713 g/mol. The number of carbonyl (C=O) groups excluding carboxylic acids is 4. The summed E-state index contributed by atoms with van der Waals surface area (Å²) in [5.74, 6) is -1.29. The Labute approximate surface area is 295 Å². The summed E-state index contributed by atoms with van der Waals surface area (Å²) in [6.45, 7) is 4.96. The SMILES string of the molecule is CC(C)(C)OC(=O)N[C@@H](Cc1ccccc1)C(=O)N[C@@H](Cc1cnc[nH]1)C(=O)N[C@@H](CC1CCCCC1)C(O)CSc1nnnn1CC(N)=O. The Morgan fingerprint density at radius 3 is 2.40 bits per heavy atom. The Balaban J connectivity index is 1.53. The number of aromatic amines is 1. The number of imidazole rings is 1. The maximum atomic E-state index is 14.1. The van der Waals surface area contributed by atoms with E-state index in [4.69, 9.17) is 10.5 Å². The summed E-state index contributed by atoms with van der Waals surface area (Å²) in [7, 11) is 0. The number of nitrogens with zero attached hydrogens (tertiary/aromatic N) is 5. The number of nitrogens with two attached hydrogens (primary N) is 1. The van der Waals surface area contributed by atoms with E-state index in [-0.39, 0.29) is 25.1 Å². The fourth-order valence-corrected chi connectivity index (χ4v) is 6.70. The standard InChI is InChI=1S/C33H48N10O6S/c1-33(2,3)49-32(48)39-25(15-22-12-8-5-9-13-22)29(46)38-26(16-23-17-35-20-36-23)30(47)37-24(14-21-10-6-4-7-11-21)27(44)19-50-31-40-41-42-43(31)18-28(34)45/h5,8-9,12-13,17,20-21,24-27,44H,4,6-7,10-11,14-16,18-19H2,1-3H3,(H2,34,45)(H,35,36)(H,37,47)(H,38,46)(H,39,48)/t24-,25-,26-,27?/m0/s1. The molecule has 3 aromatic rings. The molecule has 4 atom stereocenters. The summed E-state index contributed by atoms with van der Waals surface area (Å²) in [4.78, 5) is 59.2. The fraction of sp³-hybridized carbons (Fsp3) is 0.576. The quantitative estimate of drug-likeness (QED) is 0.110. The molecule has 0 aliphatic heterocycles. The van der Waals surface area contributed by atoms with Crippen molar-refractivity contribution in [3.8, 4) is 0 Å². The first-order valence-corrected chi connectivity index (χ1v) is 17.8. The molecule has 272 valence electrons. The summed E-state index contributed by atoms with van der Waals surface area (Å²) < 4.78 is 6.68. The van der Waals surface area contributed by atoms with E-state index in [1.807, 2.05) is 30.3 Å². The fourth-order valence-electron chi connectivity index (χ4n) is 5.81. The maximum Gasteiger partial charge on any atom is 0.408 e.